The summed E-state index contributed by atoms with van der Waals surface area (Å²) >= 11 is 0.938. The van der Waals surface area contributed by atoms with Crippen LogP contribution in [-0.4, -0.2) is 31.1 Å². The first kappa shape index (κ1) is 16.0. The maximum absolute atomic E-state index is 12.0. The highest BCUT2D eigenvalue weighted by atomic mass is 32.2. The van der Waals surface area contributed by atoms with E-state index in [1.807, 2.05) is 6.07 Å². The first-order valence-electron chi connectivity index (χ1n) is 5.39. The summed E-state index contributed by atoms with van der Waals surface area (Å²) in [5.74, 6) is -0.221. The Kier molecular flexibility index (Phi) is 5.54. The van der Waals surface area contributed by atoms with E-state index in [0.29, 0.717) is 5.56 Å². The van der Waals surface area contributed by atoms with Crippen molar-refractivity contribution in [3.63, 3.8) is 0 Å². The molecular formula is C11H13N5O2S2. The molecule has 0 atom stereocenters. The van der Waals surface area contributed by atoms with Gasteiger partial charge in [0.15, 0.2) is 21.0 Å². The zero-order chi connectivity index (χ0) is 15.2. The number of nitrogens with one attached hydrogen (secondary N) is 1. The van der Waals surface area contributed by atoms with Gasteiger partial charge in [-0.3, -0.25) is 5.41 Å². The molecule has 0 saturated heterocycles. The number of sulfone groups is 1. The zero-order valence-electron chi connectivity index (χ0n) is 10.4. The number of nitriles is 1. The van der Waals surface area contributed by atoms with Crippen molar-refractivity contribution < 1.29 is 8.42 Å². The summed E-state index contributed by atoms with van der Waals surface area (Å²) in [6.45, 7) is 0. The lowest BCUT2D eigenvalue weighted by Gasteiger charge is -2.04. The summed E-state index contributed by atoms with van der Waals surface area (Å²) in [6.07, 6.45) is 0. The van der Waals surface area contributed by atoms with Gasteiger partial charge >= 0.3 is 0 Å². The SMILES string of the molecule is N#Cc1ccc(S(=O)(=O)CCSC(=N)N=C(N)N)cc1. The maximum atomic E-state index is 12.0. The summed E-state index contributed by atoms with van der Waals surface area (Å²) in [5, 5.41) is 15.9. The minimum Gasteiger partial charge on any atom is -0.370 e. The van der Waals surface area contributed by atoms with Crippen molar-refractivity contribution in [2.75, 3.05) is 11.5 Å². The van der Waals surface area contributed by atoms with Gasteiger partial charge in [0.1, 0.15) is 0 Å². The average molecular weight is 311 g/mol. The second kappa shape index (κ2) is 6.93. The standard InChI is InChI=1S/C11H13N5O2S2/c12-7-8-1-3-9(4-2-8)20(17,18)6-5-19-11(15)16-10(13)14/h1-4H,5-6H2,(H5,13,14,15,16). The molecule has 1 aromatic carbocycles. The van der Waals surface area contributed by atoms with E-state index >= 15 is 0 Å². The molecule has 0 aliphatic heterocycles. The van der Waals surface area contributed by atoms with Gasteiger partial charge < -0.3 is 11.5 Å². The fourth-order valence-corrected chi connectivity index (χ4v) is 3.61. The lowest BCUT2D eigenvalue weighted by Crippen LogP contribution is -2.23. The molecule has 0 aliphatic rings. The van der Waals surface area contributed by atoms with Crippen LogP contribution in [0.5, 0.6) is 0 Å². The van der Waals surface area contributed by atoms with E-state index in [9.17, 15) is 8.42 Å². The molecule has 0 heterocycles. The summed E-state index contributed by atoms with van der Waals surface area (Å²) in [6, 6.07) is 7.59. The van der Waals surface area contributed by atoms with Gasteiger partial charge in [-0.2, -0.15) is 10.3 Å². The largest absolute Gasteiger partial charge is 0.370 e. The van der Waals surface area contributed by atoms with Crippen LogP contribution >= 0.6 is 11.8 Å². The van der Waals surface area contributed by atoms with Crippen molar-refractivity contribution in [2.45, 2.75) is 4.90 Å². The molecule has 0 spiro atoms. The Morgan fingerprint density at radius 3 is 2.45 bits per heavy atom. The molecule has 0 bridgehead atoms. The van der Waals surface area contributed by atoms with Crippen LogP contribution in [0.1, 0.15) is 5.56 Å². The summed E-state index contributed by atoms with van der Waals surface area (Å²) < 4.78 is 24.0. The van der Waals surface area contributed by atoms with Crippen molar-refractivity contribution in [3.05, 3.63) is 29.8 Å². The third kappa shape index (κ3) is 4.91. The molecule has 106 valence electrons. The quantitative estimate of drug-likeness (QED) is 0.537. The van der Waals surface area contributed by atoms with Crippen LogP contribution in [0.3, 0.4) is 0 Å². The van der Waals surface area contributed by atoms with Crippen LogP contribution in [-0.2, 0) is 9.84 Å². The number of nitrogens with zero attached hydrogens (tertiary/aromatic N) is 2. The minimum atomic E-state index is -3.45. The first-order chi connectivity index (χ1) is 9.35. The van der Waals surface area contributed by atoms with E-state index in [1.165, 1.54) is 24.3 Å². The van der Waals surface area contributed by atoms with E-state index < -0.39 is 9.84 Å². The van der Waals surface area contributed by atoms with Crippen molar-refractivity contribution in [1.82, 2.24) is 0 Å². The van der Waals surface area contributed by atoms with E-state index in [2.05, 4.69) is 4.99 Å². The highest BCUT2D eigenvalue weighted by Gasteiger charge is 2.14. The number of guanidine groups is 1. The third-order valence-electron chi connectivity index (χ3n) is 2.16. The Labute approximate surface area is 121 Å². The van der Waals surface area contributed by atoms with Crippen LogP contribution < -0.4 is 11.5 Å². The van der Waals surface area contributed by atoms with E-state index in [-0.39, 0.29) is 27.5 Å². The van der Waals surface area contributed by atoms with Gasteiger partial charge in [-0.05, 0) is 24.3 Å². The second-order valence-corrected chi connectivity index (χ2v) is 6.84. The number of hydrogen-bond acceptors (Lipinski definition) is 5. The first-order valence-corrected chi connectivity index (χ1v) is 8.03. The monoisotopic (exact) mass is 311 g/mol. The van der Waals surface area contributed by atoms with Crippen molar-refractivity contribution >= 4 is 32.7 Å². The van der Waals surface area contributed by atoms with Gasteiger partial charge in [0.2, 0.25) is 0 Å². The summed E-state index contributed by atoms with van der Waals surface area (Å²) in [7, 11) is -3.45. The van der Waals surface area contributed by atoms with Crippen molar-refractivity contribution in [3.8, 4) is 6.07 Å². The fourth-order valence-electron chi connectivity index (χ4n) is 1.25. The molecule has 0 unspecified atom stereocenters. The van der Waals surface area contributed by atoms with Gasteiger partial charge in [-0.1, -0.05) is 11.8 Å². The molecule has 0 aliphatic carbocycles. The number of thioether (sulfide) groups is 1. The molecule has 0 amide bonds. The van der Waals surface area contributed by atoms with Crippen molar-refractivity contribution in [1.29, 1.82) is 10.7 Å². The lowest BCUT2D eigenvalue weighted by molar-refractivity contribution is 0.597. The molecule has 5 N–H and O–H groups in total. The number of benzene rings is 1. The van der Waals surface area contributed by atoms with Crippen LogP contribution in [0.4, 0.5) is 0 Å². The maximum Gasteiger partial charge on any atom is 0.193 e. The van der Waals surface area contributed by atoms with Crippen LogP contribution in [0.2, 0.25) is 0 Å². The van der Waals surface area contributed by atoms with Gasteiger partial charge in [-0.15, -0.1) is 0 Å². The van der Waals surface area contributed by atoms with Gasteiger partial charge in [0, 0.05) is 5.75 Å². The Hall–Kier alpha value is -2.05. The van der Waals surface area contributed by atoms with Crippen LogP contribution in [0.15, 0.2) is 34.2 Å². The number of rotatable bonds is 4. The van der Waals surface area contributed by atoms with E-state index in [0.717, 1.165) is 11.8 Å². The fraction of sp³-hybridized carbons (Fsp3) is 0.182. The van der Waals surface area contributed by atoms with E-state index in [1.54, 1.807) is 0 Å². The van der Waals surface area contributed by atoms with Crippen LogP contribution in [0, 0.1) is 16.7 Å². The molecule has 7 nitrogen and oxygen atoms in total. The molecule has 1 aromatic rings. The Bertz CT molecular complexity index is 655. The number of hydrogen-bond donors (Lipinski definition) is 3. The predicted molar refractivity (Wildman–Crippen MR) is 79.2 cm³/mol. The smallest absolute Gasteiger partial charge is 0.193 e. The molecule has 20 heavy (non-hydrogen) atoms. The van der Waals surface area contributed by atoms with Crippen molar-refractivity contribution in [2.24, 2.45) is 16.5 Å². The van der Waals surface area contributed by atoms with Gasteiger partial charge in [0.05, 0.1) is 22.3 Å². The predicted octanol–water partition coefficient (Wildman–Crippen LogP) is 0.273. The molecule has 0 saturated carbocycles. The molecule has 0 fully saturated rings. The molecular weight excluding hydrogens is 298 g/mol. The highest BCUT2D eigenvalue weighted by Crippen LogP contribution is 2.14. The molecule has 0 aromatic heterocycles. The number of nitrogens with two attached hydrogens (primary N) is 2. The average Bonchev–Trinajstić information content (AvgIpc) is 2.37. The zero-order valence-corrected chi connectivity index (χ0v) is 12.0. The second-order valence-electron chi connectivity index (χ2n) is 3.65. The molecule has 9 heteroatoms. The molecule has 1 rings (SSSR count). The normalized spacial score (nSPS) is 10.6. The topological polar surface area (TPSA) is 146 Å². The van der Waals surface area contributed by atoms with Crippen LogP contribution in [0.25, 0.3) is 0 Å². The Balaban J connectivity index is 2.64. The third-order valence-corrected chi connectivity index (χ3v) is 4.93. The Morgan fingerprint density at radius 2 is 1.95 bits per heavy atom. The Morgan fingerprint density at radius 1 is 1.35 bits per heavy atom. The summed E-state index contributed by atoms with van der Waals surface area (Å²) in [5.41, 5.74) is 10.6. The van der Waals surface area contributed by atoms with Gasteiger partial charge in [0.25, 0.3) is 0 Å². The number of aliphatic imine (C=N–C) groups is 1. The van der Waals surface area contributed by atoms with Gasteiger partial charge in [-0.25, -0.2) is 8.42 Å². The molecule has 0 radical (unpaired) electrons. The lowest BCUT2D eigenvalue weighted by atomic mass is 10.2. The number of amidine groups is 1. The van der Waals surface area contributed by atoms with E-state index in [4.69, 9.17) is 22.1 Å². The summed E-state index contributed by atoms with van der Waals surface area (Å²) in [4.78, 5) is 3.62. The minimum absolute atomic E-state index is 0.139. The highest BCUT2D eigenvalue weighted by molar-refractivity contribution is 8.14.